The van der Waals surface area contributed by atoms with Crippen molar-refractivity contribution in [1.82, 2.24) is 4.57 Å². The second-order valence-electron chi connectivity index (χ2n) is 6.07. The molecular weight excluding hydrogens is 436 g/mol. The van der Waals surface area contributed by atoms with Crippen molar-refractivity contribution < 1.29 is 13.2 Å². The monoisotopic (exact) mass is 452 g/mol. The normalized spacial score (nSPS) is 12.9. The summed E-state index contributed by atoms with van der Waals surface area (Å²) in [6, 6.07) is 11.8. The van der Waals surface area contributed by atoms with Gasteiger partial charge in [-0.3, -0.25) is 4.79 Å². The second-order valence-corrected chi connectivity index (χ2v) is 10.4. The van der Waals surface area contributed by atoms with Crippen molar-refractivity contribution in [2.24, 2.45) is 12.0 Å². The first-order valence-electron chi connectivity index (χ1n) is 7.89. The van der Waals surface area contributed by atoms with Crippen molar-refractivity contribution in [3.8, 4) is 0 Å². The largest absolute Gasteiger partial charge is 0.318 e. The summed E-state index contributed by atoms with van der Waals surface area (Å²) in [5, 5.41) is -0.509. The third kappa shape index (κ3) is 3.41. The fourth-order valence-corrected chi connectivity index (χ4v) is 5.34. The standard InChI is InChI=1S/C18H17BrN2O3S2/c1-11(2)26(23,24)13-9-7-12(8-10-13)17(22)20-18-21(3)16-14(19)5-4-6-15(16)25-18/h4-11H,1-3H3. The lowest BCUT2D eigenvalue weighted by Gasteiger charge is -2.07. The van der Waals surface area contributed by atoms with E-state index in [1.165, 1.54) is 35.6 Å². The van der Waals surface area contributed by atoms with Crippen molar-refractivity contribution in [3.63, 3.8) is 0 Å². The maximum Gasteiger partial charge on any atom is 0.279 e. The Morgan fingerprint density at radius 2 is 1.81 bits per heavy atom. The van der Waals surface area contributed by atoms with Gasteiger partial charge >= 0.3 is 0 Å². The summed E-state index contributed by atoms with van der Waals surface area (Å²) in [5.74, 6) is -0.406. The van der Waals surface area contributed by atoms with E-state index < -0.39 is 21.0 Å². The average molecular weight is 453 g/mol. The van der Waals surface area contributed by atoms with Crippen LogP contribution in [0.25, 0.3) is 10.2 Å². The zero-order valence-electron chi connectivity index (χ0n) is 14.4. The van der Waals surface area contributed by atoms with Crippen molar-refractivity contribution in [2.75, 3.05) is 0 Å². The van der Waals surface area contributed by atoms with E-state index >= 15 is 0 Å². The Bertz CT molecular complexity index is 1160. The van der Waals surface area contributed by atoms with Crippen LogP contribution in [0.2, 0.25) is 0 Å². The van der Waals surface area contributed by atoms with Crippen LogP contribution >= 0.6 is 27.3 Å². The zero-order valence-corrected chi connectivity index (χ0v) is 17.7. The molecule has 0 bridgehead atoms. The van der Waals surface area contributed by atoms with Crippen LogP contribution in [-0.4, -0.2) is 24.1 Å². The molecule has 0 aliphatic rings. The number of sulfone groups is 1. The van der Waals surface area contributed by atoms with Crippen molar-refractivity contribution in [2.45, 2.75) is 24.0 Å². The Hall–Kier alpha value is -1.77. The molecule has 136 valence electrons. The van der Waals surface area contributed by atoms with Gasteiger partial charge in [0.1, 0.15) is 0 Å². The van der Waals surface area contributed by atoms with Crippen molar-refractivity contribution in [1.29, 1.82) is 0 Å². The predicted octanol–water partition coefficient (Wildman–Crippen LogP) is 3.93. The number of halogens is 1. The molecule has 1 aromatic heterocycles. The molecular formula is C18H17BrN2O3S2. The Morgan fingerprint density at radius 3 is 2.38 bits per heavy atom. The molecule has 3 aromatic rings. The zero-order chi connectivity index (χ0) is 19.1. The molecule has 0 radical (unpaired) electrons. The van der Waals surface area contributed by atoms with Crippen LogP contribution in [0.1, 0.15) is 24.2 Å². The fourth-order valence-electron chi connectivity index (χ4n) is 2.47. The highest BCUT2D eigenvalue weighted by Gasteiger charge is 2.19. The number of hydrogen-bond acceptors (Lipinski definition) is 4. The van der Waals surface area contributed by atoms with E-state index in [1.54, 1.807) is 13.8 Å². The van der Waals surface area contributed by atoms with Gasteiger partial charge in [0.25, 0.3) is 5.91 Å². The summed E-state index contributed by atoms with van der Waals surface area (Å²) in [6.07, 6.45) is 0. The van der Waals surface area contributed by atoms with Crippen LogP contribution in [0.5, 0.6) is 0 Å². The minimum Gasteiger partial charge on any atom is -0.318 e. The lowest BCUT2D eigenvalue weighted by Crippen LogP contribution is -2.15. The topological polar surface area (TPSA) is 68.5 Å². The first kappa shape index (κ1) is 19.0. The number of thiazole rings is 1. The number of rotatable bonds is 3. The minimum atomic E-state index is -3.36. The molecule has 8 heteroatoms. The maximum absolute atomic E-state index is 12.5. The van der Waals surface area contributed by atoms with Gasteiger partial charge in [0.05, 0.1) is 20.4 Å². The van der Waals surface area contributed by atoms with Gasteiger partial charge in [0.15, 0.2) is 14.6 Å². The molecule has 0 unspecified atom stereocenters. The lowest BCUT2D eigenvalue weighted by molar-refractivity contribution is 0.0998. The molecule has 0 N–H and O–H groups in total. The Balaban J connectivity index is 2.00. The number of benzene rings is 2. The van der Waals surface area contributed by atoms with E-state index in [0.29, 0.717) is 10.4 Å². The van der Waals surface area contributed by atoms with Crippen molar-refractivity contribution in [3.05, 3.63) is 57.3 Å². The maximum atomic E-state index is 12.5. The third-order valence-corrected chi connectivity index (χ3v) is 7.93. The Kier molecular flexibility index (Phi) is 5.18. The number of para-hydroxylation sites is 1. The number of amides is 1. The van der Waals surface area contributed by atoms with Crippen LogP contribution in [0.15, 0.2) is 56.8 Å². The highest BCUT2D eigenvalue weighted by Crippen LogP contribution is 2.25. The fraction of sp³-hybridized carbons (Fsp3) is 0.222. The molecule has 3 rings (SSSR count). The summed E-state index contributed by atoms with van der Waals surface area (Å²) < 4.78 is 28.1. The van der Waals surface area contributed by atoms with Crippen molar-refractivity contribution >= 4 is 53.2 Å². The molecule has 0 spiro atoms. The predicted molar refractivity (Wildman–Crippen MR) is 107 cm³/mol. The third-order valence-electron chi connectivity index (χ3n) is 4.02. The van der Waals surface area contributed by atoms with E-state index in [2.05, 4.69) is 20.9 Å². The molecule has 0 fully saturated rings. The second kappa shape index (κ2) is 7.09. The first-order chi connectivity index (χ1) is 12.2. The van der Waals surface area contributed by atoms with Crippen LogP contribution < -0.4 is 4.80 Å². The van der Waals surface area contributed by atoms with Crippen LogP contribution in [0.4, 0.5) is 0 Å². The summed E-state index contributed by atoms with van der Waals surface area (Å²) in [7, 11) is -1.50. The Morgan fingerprint density at radius 1 is 1.15 bits per heavy atom. The van der Waals surface area contributed by atoms with Crippen LogP contribution in [0.3, 0.4) is 0 Å². The molecule has 1 amide bonds. The number of carbonyl (C=O) groups excluding carboxylic acids is 1. The highest BCUT2D eigenvalue weighted by atomic mass is 79.9. The number of nitrogens with zero attached hydrogens (tertiary/aromatic N) is 2. The summed E-state index contributed by atoms with van der Waals surface area (Å²) in [6.45, 7) is 3.26. The molecule has 0 aliphatic carbocycles. The van der Waals surface area contributed by atoms with Gasteiger partial charge in [0.2, 0.25) is 0 Å². The molecule has 0 atom stereocenters. The average Bonchev–Trinajstić information content (AvgIpc) is 2.92. The summed E-state index contributed by atoms with van der Waals surface area (Å²) in [5.41, 5.74) is 1.33. The Labute approximate surface area is 164 Å². The number of aromatic nitrogens is 1. The minimum absolute atomic E-state index is 0.209. The number of carbonyl (C=O) groups is 1. The molecule has 5 nitrogen and oxygen atoms in total. The molecule has 1 heterocycles. The first-order valence-corrected chi connectivity index (χ1v) is 11.0. The summed E-state index contributed by atoms with van der Waals surface area (Å²) >= 11 is 4.93. The number of aryl methyl sites for hydroxylation is 1. The van der Waals surface area contributed by atoms with E-state index in [0.717, 1.165) is 14.7 Å². The number of hydrogen-bond donors (Lipinski definition) is 0. The quantitative estimate of drug-likeness (QED) is 0.604. The molecule has 26 heavy (non-hydrogen) atoms. The van der Waals surface area contributed by atoms with E-state index in [4.69, 9.17) is 0 Å². The van der Waals surface area contributed by atoms with Crippen LogP contribution in [0, 0.1) is 0 Å². The van der Waals surface area contributed by atoms with E-state index in [1.807, 2.05) is 29.8 Å². The van der Waals surface area contributed by atoms with E-state index in [-0.39, 0.29) is 4.90 Å². The van der Waals surface area contributed by atoms with Gasteiger partial charge in [-0.15, -0.1) is 0 Å². The van der Waals surface area contributed by atoms with Gasteiger partial charge in [0, 0.05) is 17.1 Å². The van der Waals surface area contributed by atoms with Gasteiger partial charge in [-0.2, -0.15) is 4.99 Å². The van der Waals surface area contributed by atoms with Gasteiger partial charge < -0.3 is 4.57 Å². The smallest absolute Gasteiger partial charge is 0.279 e. The van der Waals surface area contributed by atoms with E-state index in [9.17, 15) is 13.2 Å². The number of fused-ring (bicyclic) bond motifs is 1. The van der Waals surface area contributed by atoms with Gasteiger partial charge in [-0.1, -0.05) is 17.4 Å². The lowest BCUT2D eigenvalue weighted by atomic mass is 10.2. The SMILES string of the molecule is CC(C)S(=O)(=O)c1ccc(C(=O)N=c2sc3cccc(Br)c3n2C)cc1. The van der Waals surface area contributed by atoms with Gasteiger partial charge in [-0.05, 0) is 66.2 Å². The summed E-state index contributed by atoms with van der Waals surface area (Å²) in [4.78, 5) is 17.5. The van der Waals surface area contributed by atoms with Crippen LogP contribution in [-0.2, 0) is 16.9 Å². The molecule has 2 aromatic carbocycles. The molecule has 0 saturated carbocycles. The van der Waals surface area contributed by atoms with Gasteiger partial charge in [-0.25, -0.2) is 8.42 Å². The molecule has 0 aliphatic heterocycles. The molecule has 0 saturated heterocycles. The highest BCUT2D eigenvalue weighted by molar-refractivity contribution is 9.10.